The van der Waals surface area contributed by atoms with Crippen molar-refractivity contribution in [2.45, 2.75) is 24.5 Å². The fourth-order valence-corrected chi connectivity index (χ4v) is 2.78. The molecule has 1 fully saturated rings. The van der Waals surface area contributed by atoms with E-state index in [2.05, 4.69) is 15.5 Å². The molecule has 1 aromatic carbocycles. The maximum Gasteiger partial charge on any atom is 0.276 e. The Balaban J connectivity index is 1.42. The van der Waals surface area contributed by atoms with Gasteiger partial charge < -0.3 is 19.2 Å². The van der Waals surface area contributed by atoms with Crippen LogP contribution < -0.4 is 5.32 Å². The first kappa shape index (κ1) is 16.9. The van der Waals surface area contributed by atoms with Crippen LogP contribution in [0.3, 0.4) is 0 Å². The van der Waals surface area contributed by atoms with E-state index < -0.39 is 5.82 Å². The number of rotatable bonds is 7. The van der Waals surface area contributed by atoms with Gasteiger partial charge in [-0.25, -0.2) is 4.39 Å². The highest BCUT2D eigenvalue weighted by molar-refractivity contribution is 7.99. The molecule has 7 nitrogen and oxygen atoms in total. The van der Waals surface area contributed by atoms with Crippen molar-refractivity contribution in [3.8, 4) is 0 Å². The lowest BCUT2D eigenvalue weighted by atomic mass is 10.2. The third-order valence-corrected chi connectivity index (χ3v) is 4.08. The van der Waals surface area contributed by atoms with Crippen LogP contribution in [0.2, 0.25) is 0 Å². The quantitative estimate of drug-likeness (QED) is 0.762. The second-order valence-electron chi connectivity index (χ2n) is 4.96. The van der Waals surface area contributed by atoms with Crippen molar-refractivity contribution in [3.05, 3.63) is 41.5 Å². The van der Waals surface area contributed by atoms with Crippen molar-refractivity contribution in [3.63, 3.8) is 0 Å². The normalized spacial score (nSPS) is 14.9. The highest BCUT2D eigenvalue weighted by Crippen LogP contribution is 2.19. The third kappa shape index (κ3) is 4.76. The highest BCUT2D eigenvalue weighted by atomic mass is 32.2. The van der Waals surface area contributed by atoms with Gasteiger partial charge in [0.2, 0.25) is 5.89 Å². The van der Waals surface area contributed by atoms with E-state index in [4.69, 9.17) is 13.9 Å². The molecule has 0 bridgehead atoms. The molecule has 9 heteroatoms. The Morgan fingerprint density at radius 3 is 2.75 bits per heavy atom. The van der Waals surface area contributed by atoms with Crippen LogP contribution in [0, 0.1) is 5.82 Å². The number of ether oxygens (including phenoxy) is 2. The Hall–Kier alpha value is -1.97. The van der Waals surface area contributed by atoms with E-state index in [0.29, 0.717) is 29.9 Å². The molecule has 1 aliphatic heterocycles. The summed E-state index contributed by atoms with van der Waals surface area (Å²) < 4.78 is 28.9. The molecule has 0 atom stereocenters. The number of halogens is 1. The summed E-state index contributed by atoms with van der Waals surface area (Å²) in [6.07, 6.45) is 0.582. The minimum atomic E-state index is -0.390. The molecule has 2 heterocycles. The summed E-state index contributed by atoms with van der Waals surface area (Å²) in [7, 11) is 0. The van der Waals surface area contributed by atoms with E-state index in [0.717, 1.165) is 12.2 Å². The molecule has 1 aromatic heterocycles. The van der Waals surface area contributed by atoms with Crippen LogP contribution >= 0.6 is 11.8 Å². The fourth-order valence-electron chi connectivity index (χ4n) is 2.04. The lowest BCUT2D eigenvalue weighted by Crippen LogP contribution is -2.22. The third-order valence-electron chi connectivity index (χ3n) is 3.22. The summed E-state index contributed by atoms with van der Waals surface area (Å²) in [5, 5.41) is 10.8. The standard InChI is InChI=1S/C15H16FN3O4S/c16-11-3-1-10(2-4-11)14(20)17-9-12-18-19-15(23-12)24-8-5-13-21-6-7-22-13/h1-4,13H,5-9H2,(H,17,20). The topological polar surface area (TPSA) is 86.5 Å². The molecule has 0 spiro atoms. The van der Waals surface area contributed by atoms with E-state index >= 15 is 0 Å². The van der Waals surface area contributed by atoms with E-state index in [1.54, 1.807) is 0 Å². The van der Waals surface area contributed by atoms with E-state index in [1.165, 1.54) is 36.0 Å². The largest absolute Gasteiger partial charge is 0.414 e. The summed E-state index contributed by atoms with van der Waals surface area (Å²) >= 11 is 1.41. The SMILES string of the molecule is O=C(NCc1nnc(SCCC2OCCO2)o1)c1ccc(F)cc1. The van der Waals surface area contributed by atoms with E-state index in [1.807, 2.05) is 0 Å². The lowest BCUT2D eigenvalue weighted by molar-refractivity contribution is -0.0421. The first-order valence-electron chi connectivity index (χ1n) is 7.43. The maximum atomic E-state index is 12.8. The van der Waals surface area contributed by atoms with Crippen LogP contribution in [0.15, 0.2) is 33.9 Å². The second kappa shape index (κ2) is 8.22. The van der Waals surface area contributed by atoms with Gasteiger partial charge in [-0.2, -0.15) is 0 Å². The number of benzene rings is 1. The molecule has 0 aliphatic carbocycles. The molecule has 1 amide bonds. The Kier molecular flexibility index (Phi) is 5.78. The highest BCUT2D eigenvalue weighted by Gasteiger charge is 2.16. The summed E-state index contributed by atoms with van der Waals surface area (Å²) in [4.78, 5) is 11.9. The molecule has 128 valence electrons. The van der Waals surface area contributed by atoms with Crippen LogP contribution in [-0.2, 0) is 16.0 Å². The van der Waals surface area contributed by atoms with E-state index in [-0.39, 0.29) is 18.7 Å². The zero-order valence-corrected chi connectivity index (χ0v) is 13.6. The lowest BCUT2D eigenvalue weighted by Gasteiger charge is -2.06. The number of carbonyl (C=O) groups excluding carboxylic acids is 1. The number of hydrogen-bond donors (Lipinski definition) is 1. The molecule has 1 saturated heterocycles. The predicted octanol–water partition coefficient (Wildman–Crippen LogP) is 1.99. The van der Waals surface area contributed by atoms with Crippen LogP contribution in [0.25, 0.3) is 0 Å². The second-order valence-corrected chi connectivity index (χ2v) is 6.01. The first-order valence-corrected chi connectivity index (χ1v) is 8.41. The zero-order chi connectivity index (χ0) is 16.8. The van der Waals surface area contributed by atoms with Crippen LogP contribution in [-0.4, -0.2) is 41.4 Å². The van der Waals surface area contributed by atoms with Crippen LogP contribution in [0.1, 0.15) is 22.7 Å². The molecule has 24 heavy (non-hydrogen) atoms. The van der Waals surface area contributed by atoms with Crippen molar-refractivity contribution in [2.75, 3.05) is 19.0 Å². The van der Waals surface area contributed by atoms with Crippen molar-refractivity contribution in [1.29, 1.82) is 0 Å². The number of aromatic nitrogens is 2. The molecule has 0 unspecified atom stereocenters. The molecule has 2 aromatic rings. The number of amides is 1. The average Bonchev–Trinajstić information content (AvgIpc) is 3.25. The van der Waals surface area contributed by atoms with Crippen molar-refractivity contribution in [2.24, 2.45) is 0 Å². The number of nitrogens with one attached hydrogen (secondary N) is 1. The molecule has 3 rings (SSSR count). The van der Waals surface area contributed by atoms with Crippen molar-refractivity contribution in [1.82, 2.24) is 15.5 Å². The smallest absolute Gasteiger partial charge is 0.276 e. The molecular formula is C15H16FN3O4S. The number of nitrogens with zero attached hydrogens (tertiary/aromatic N) is 2. The van der Waals surface area contributed by atoms with Gasteiger partial charge in [0.05, 0.1) is 19.8 Å². The van der Waals surface area contributed by atoms with Gasteiger partial charge in [-0.3, -0.25) is 4.79 Å². The summed E-state index contributed by atoms with van der Waals surface area (Å²) in [6, 6.07) is 5.28. The van der Waals surface area contributed by atoms with Crippen LogP contribution in [0.5, 0.6) is 0 Å². The van der Waals surface area contributed by atoms with Gasteiger partial charge in [0.15, 0.2) is 6.29 Å². The monoisotopic (exact) mass is 353 g/mol. The van der Waals surface area contributed by atoms with Crippen molar-refractivity contribution < 1.29 is 23.1 Å². The number of hydrogen-bond acceptors (Lipinski definition) is 7. The summed E-state index contributed by atoms with van der Waals surface area (Å²) in [5.74, 6) is 0.312. The Bertz CT molecular complexity index is 674. The molecule has 1 aliphatic rings. The zero-order valence-electron chi connectivity index (χ0n) is 12.7. The number of carbonyl (C=O) groups is 1. The van der Waals surface area contributed by atoms with Gasteiger partial charge in [-0.1, -0.05) is 11.8 Å². The minimum absolute atomic E-state index is 0.110. The van der Waals surface area contributed by atoms with Gasteiger partial charge in [0, 0.05) is 17.7 Å². The van der Waals surface area contributed by atoms with Gasteiger partial charge >= 0.3 is 0 Å². The summed E-state index contributed by atoms with van der Waals surface area (Å²) in [5.41, 5.74) is 0.363. The molecule has 0 radical (unpaired) electrons. The van der Waals surface area contributed by atoms with Crippen LogP contribution in [0.4, 0.5) is 4.39 Å². The van der Waals surface area contributed by atoms with Gasteiger partial charge in [-0.05, 0) is 24.3 Å². The maximum absolute atomic E-state index is 12.8. The molecular weight excluding hydrogens is 337 g/mol. The first-order chi connectivity index (χ1) is 11.7. The fraction of sp³-hybridized carbons (Fsp3) is 0.400. The molecule has 1 N–H and O–H groups in total. The predicted molar refractivity (Wildman–Crippen MR) is 82.9 cm³/mol. The van der Waals surface area contributed by atoms with Gasteiger partial charge in [0.1, 0.15) is 5.82 Å². The minimum Gasteiger partial charge on any atom is -0.414 e. The van der Waals surface area contributed by atoms with Crippen molar-refractivity contribution >= 4 is 17.7 Å². The Morgan fingerprint density at radius 1 is 1.25 bits per heavy atom. The van der Waals surface area contributed by atoms with Gasteiger partial charge in [0.25, 0.3) is 11.1 Å². The molecule has 0 saturated carbocycles. The van der Waals surface area contributed by atoms with Gasteiger partial charge in [-0.15, -0.1) is 10.2 Å². The summed E-state index contributed by atoms with van der Waals surface area (Å²) in [6.45, 7) is 1.38. The average molecular weight is 353 g/mol. The van der Waals surface area contributed by atoms with E-state index in [9.17, 15) is 9.18 Å². The Morgan fingerprint density at radius 2 is 2.00 bits per heavy atom. The number of thioether (sulfide) groups is 1. The Labute approximate surface area is 141 Å².